The lowest BCUT2D eigenvalue weighted by Gasteiger charge is -2.02. The van der Waals surface area contributed by atoms with Crippen molar-refractivity contribution in [3.63, 3.8) is 0 Å². The number of benzene rings is 1. The predicted octanol–water partition coefficient (Wildman–Crippen LogP) is 3.41. The van der Waals surface area contributed by atoms with Crippen molar-refractivity contribution in [3.8, 4) is 0 Å². The molecule has 1 aromatic carbocycles. The summed E-state index contributed by atoms with van der Waals surface area (Å²) in [6.45, 7) is 0. The SMILES string of the molecule is COC(=O)c1cc2cc(CC(=O)c3nc(NCl)cn3C)ccc2s1. The number of ketones is 1. The fourth-order valence-corrected chi connectivity index (χ4v) is 3.49. The van der Waals surface area contributed by atoms with E-state index in [1.165, 1.54) is 18.4 Å². The molecule has 2 aromatic heterocycles. The van der Waals surface area contributed by atoms with E-state index in [1.54, 1.807) is 23.9 Å². The van der Waals surface area contributed by atoms with Gasteiger partial charge in [0.25, 0.3) is 0 Å². The molecule has 0 amide bonds. The Hall–Kier alpha value is -2.38. The minimum absolute atomic E-state index is 0.113. The molecule has 2 heterocycles. The number of halogens is 1. The first-order valence-corrected chi connectivity index (χ1v) is 8.25. The summed E-state index contributed by atoms with van der Waals surface area (Å²) in [4.78, 5) is 31.1. The van der Waals surface area contributed by atoms with Gasteiger partial charge in [0.1, 0.15) is 4.88 Å². The normalized spacial score (nSPS) is 10.8. The third kappa shape index (κ3) is 3.13. The van der Waals surface area contributed by atoms with Crippen molar-refractivity contribution < 1.29 is 14.3 Å². The smallest absolute Gasteiger partial charge is 0.348 e. The van der Waals surface area contributed by atoms with Gasteiger partial charge in [-0.05, 0) is 29.1 Å². The quantitative estimate of drug-likeness (QED) is 0.427. The van der Waals surface area contributed by atoms with Crippen molar-refractivity contribution in [1.82, 2.24) is 9.55 Å². The molecule has 0 atom stereocenters. The van der Waals surface area contributed by atoms with Gasteiger partial charge < -0.3 is 9.30 Å². The number of hydrogen-bond donors (Lipinski definition) is 1. The number of aromatic nitrogens is 2. The van der Waals surface area contributed by atoms with Gasteiger partial charge in [0.15, 0.2) is 11.6 Å². The Labute approximate surface area is 147 Å². The van der Waals surface area contributed by atoms with Crippen LogP contribution in [0, 0.1) is 0 Å². The molecule has 3 aromatic rings. The zero-order chi connectivity index (χ0) is 17.3. The lowest BCUT2D eigenvalue weighted by molar-refractivity contribution is 0.0606. The maximum Gasteiger partial charge on any atom is 0.348 e. The average molecular weight is 364 g/mol. The van der Waals surface area contributed by atoms with Crippen LogP contribution in [0.15, 0.2) is 30.5 Å². The number of imidazole rings is 1. The number of carbonyl (C=O) groups excluding carboxylic acids is 2. The maximum atomic E-state index is 12.4. The maximum absolute atomic E-state index is 12.4. The molecule has 1 N–H and O–H groups in total. The van der Waals surface area contributed by atoms with Crippen LogP contribution in [0.25, 0.3) is 10.1 Å². The molecule has 0 bridgehead atoms. The first kappa shape index (κ1) is 16.5. The van der Waals surface area contributed by atoms with E-state index in [9.17, 15) is 9.59 Å². The summed E-state index contributed by atoms with van der Waals surface area (Å²) < 4.78 is 7.33. The van der Waals surface area contributed by atoms with E-state index < -0.39 is 0 Å². The van der Waals surface area contributed by atoms with Crippen molar-refractivity contribution in [3.05, 3.63) is 46.7 Å². The number of esters is 1. The molecule has 0 spiro atoms. The fraction of sp³-hybridized carbons (Fsp3) is 0.188. The number of methoxy groups -OCH3 is 1. The van der Waals surface area contributed by atoms with Gasteiger partial charge in [0.2, 0.25) is 5.78 Å². The van der Waals surface area contributed by atoms with Gasteiger partial charge in [-0.25, -0.2) is 9.78 Å². The predicted molar refractivity (Wildman–Crippen MR) is 93.9 cm³/mol. The van der Waals surface area contributed by atoms with E-state index >= 15 is 0 Å². The van der Waals surface area contributed by atoms with E-state index in [4.69, 9.17) is 16.5 Å². The molecule has 0 aliphatic heterocycles. The number of nitrogens with one attached hydrogen (secondary N) is 1. The second-order valence-electron chi connectivity index (χ2n) is 5.23. The standard InChI is InChI=1S/C16H14ClN3O3S/c1-20-8-14(19-17)18-15(20)11(21)6-9-3-4-12-10(5-9)7-13(24-12)16(22)23-2/h3-5,7-8,19H,6H2,1-2H3. The molecule has 3 rings (SSSR count). The van der Waals surface area contributed by atoms with Crippen LogP contribution in [-0.2, 0) is 18.2 Å². The van der Waals surface area contributed by atoms with Gasteiger partial charge in [-0.3, -0.25) is 9.63 Å². The molecule has 24 heavy (non-hydrogen) atoms. The van der Waals surface area contributed by atoms with E-state index in [2.05, 4.69) is 9.82 Å². The van der Waals surface area contributed by atoms with Gasteiger partial charge in [0.05, 0.1) is 7.11 Å². The molecule has 124 valence electrons. The second-order valence-corrected chi connectivity index (χ2v) is 6.50. The lowest BCUT2D eigenvalue weighted by Crippen LogP contribution is -2.10. The fourth-order valence-electron chi connectivity index (χ4n) is 2.44. The highest BCUT2D eigenvalue weighted by molar-refractivity contribution is 7.20. The minimum atomic E-state index is -0.358. The van der Waals surface area contributed by atoms with Gasteiger partial charge >= 0.3 is 5.97 Å². The van der Waals surface area contributed by atoms with Crippen LogP contribution in [0.3, 0.4) is 0 Å². The number of aryl methyl sites for hydroxylation is 1. The van der Waals surface area contributed by atoms with Crippen LogP contribution in [0.2, 0.25) is 0 Å². The summed E-state index contributed by atoms with van der Waals surface area (Å²) >= 11 is 6.87. The number of fused-ring (bicyclic) bond motifs is 1. The summed E-state index contributed by atoms with van der Waals surface area (Å²) in [6, 6.07) is 7.45. The Morgan fingerprint density at radius 1 is 1.38 bits per heavy atom. The summed E-state index contributed by atoms with van der Waals surface area (Å²) in [5.74, 6) is 0.290. The monoisotopic (exact) mass is 363 g/mol. The molecule has 0 saturated heterocycles. The average Bonchev–Trinajstić information content (AvgIpc) is 3.16. The molecular formula is C16H14ClN3O3S. The molecule has 6 nitrogen and oxygen atoms in total. The second kappa shape index (κ2) is 6.62. The number of ether oxygens (including phenoxy) is 1. The van der Waals surface area contributed by atoms with Crippen LogP contribution in [0.1, 0.15) is 25.9 Å². The highest BCUT2D eigenvalue weighted by Gasteiger charge is 2.16. The third-order valence-corrected chi connectivity index (χ3v) is 4.84. The zero-order valence-electron chi connectivity index (χ0n) is 13.0. The van der Waals surface area contributed by atoms with Crippen molar-refractivity contribution in [2.75, 3.05) is 11.9 Å². The zero-order valence-corrected chi connectivity index (χ0v) is 14.6. The Balaban J connectivity index is 1.85. The highest BCUT2D eigenvalue weighted by atomic mass is 35.5. The molecule has 8 heteroatoms. The van der Waals surface area contributed by atoms with Gasteiger partial charge in [0, 0.05) is 36.1 Å². The lowest BCUT2D eigenvalue weighted by atomic mass is 10.1. The number of Topliss-reactive ketones (excluding diaryl/α,β-unsaturated/α-hetero) is 1. The van der Waals surface area contributed by atoms with Crippen molar-refractivity contribution in [1.29, 1.82) is 0 Å². The van der Waals surface area contributed by atoms with Gasteiger partial charge in [-0.1, -0.05) is 6.07 Å². The van der Waals surface area contributed by atoms with Crippen molar-refractivity contribution in [2.24, 2.45) is 7.05 Å². The molecule has 0 aliphatic carbocycles. The molecule has 0 aliphatic rings. The third-order valence-electron chi connectivity index (χ3n) is 3.55. The van der Waals surface area contributed by atoms with Gasteiger partial charge in [-0.2, -0.15) is 0 Å². The van der Waals surface area contributed by atoms with Crippen LogP contribution in [0.5, 0.6) is 0 Å². The largest absolute Gasteiger partial charge is 0.465 e. The summed E-state index contributed by atoms with van der Waals surface area (Å²) in [5, 5.41) is 0.911. The first-order chi connectivity index (χ1) is 11.5. The van der Waals surface area contributed by atoms with Gasteiger partial charge in [-0.15, -0.1) is 11.3 Å². The number of nitrogens with zero attached hydrogens (tertiary/aromatic N) is 2. The van der Waals surface area contributed by atoms with E-state index in [0.717, 1.165) is 15.6 Å². The molecule has 0 saturated carbocycles. The van der Waals surface area contributed by atoms with Crippen molar-refractivity contribution in [2.45, 2.75) is 6.42 Å². The summed E-state index contributed by atoms with van der Waals surface area (Å²) in [6.07, 6.45) is 1.86. The topological polar surface area (TPSA) is 73.2 Å². The van der Waals surface area contributed by atoms with Crippen molar-refractivity contribution >= 4 is 50.8 Å². The molecule has 0 fully saturated rings. The number of rotatable bonds is 5. The number of thiophene rings is 1. The summed E-state index contributed by atoms with van der Waals surface area (Å²) in [5.41, 5.74) is 0.852. The Bertz CT molecular complexity index is 932. The highest BCUT2D eigenvalue weighted by Crippen LogP contribution is 2.27. The Kier molecular flexibility index (Phi) is 4.55. The number of hydrogen-bond acceptors (Lipinski definition) is 6. The van der Waals surface area contributed by atoms with E-state index in [-0.39, 0.29) is 18.2 Å². The van der Waals surface area contributed by atoms with Crippen LogP contribution in [0.4, 0.5) is 5.82 Å². The molecule has 0 unspecified atom stereocenters. The van der Waals surface area contributed by atoms with E-state index in [0.29, 0.717) is 16.5 Å². The molecular weight excluding hydrogens is 350 g/mol. The van der Waals surface area contributed by atoms with Crippen LogP contribution in [-0.4, -0.2) is 28.4 Å². The number of carbonyl (C=O) groups is 2. The number of anilines is 1. The minimum Gasteiger partial charge on any atom is -0.465 e. The Morgan fingerprint density at radius 3 is 2.83 bits per heavy atom. The van der Waals surface area contributed by atoms with Crippen LogP contribution < -0.4 is 4.84 Å². The van der Waals surface area contributed by atoms with Crippen LogP contribution >= 0.6 is 23.1 Å². The van der Waals surface area contributed by atoms with E-state index in [1.807, 2.05) is 18.2 Å². The first-order valence-electron chi connectivity index (χ1n) is 7.06. The summed E-state index contributed by atoms with van der Waals surface area (Å²) in [7, 11) is 3.09. The Morgan fingerprint density at radius 2 is 2.17 bits per heavy atom. The molecule has 0 radical (unpaired) electrons.